The number of anilines is 1. The van der Waals surface area contributed by atoms with Crippen LogP contribution in [0.3, 0.4) is 0 Å². The number of amides is 1. The number of rotatable bonds is 8. The number of nitrogens with zero attached hydrogens (tertiary/aromatic N) is 1. The van der Waals surface area contributed by atoms with Crippen molar-refractivity contribution < 1.29 is 19.0 Å². The van der Waals surface area contributed by atoms with Crippen LogP contribution in [-0.2, 0) is 11.3 Å². The minimum absolute atomic E-state index is 0.131. The Balaban J connectivity index is 1.74. The summed E-state index contributed by atoms with van der Waals surface area (Å²) in [6.45, 7) is 2.65. The zero-order valence-electron chi connectivity index (χ0n) is 14.4. The van der Waals surface area contributed by atoms with Crippen molar-refractivity contribution in [2.45, 2.75) is 19.6 Å². The van der Waals surface area contributed by atoms with Crippen LogP contribution >= 0.6 is 0 Å². The second kappa shape index (κ2) is 9.15. The summed E-state index contributed by atoms with van der Waals surface area (Å²) >= 11 is 0. The highest BCUT2D eigenvalue weighted by Gasteiger charge is 2.10. The molecule has 0 radical (unpaired) electrons. The lowest BCUT2D eigenvalue weighted by atomic mass is 10.2. The van der Waals surface area contributed by atoms with Gasteiger partial charge in [-0.1, -0.05) is 12.1 Å². The molecule has 0 fully saturated rings. The maximum atomic E-state index is 12.9. The molecule has 1 amide bonds. The van der Waals surface area contributed by atoms with Gasteiger partial charge in [-0.3, -0.25) is 9.69 Å². The second-order valence-electron chi connectivity index (χ2n) is 5.99. The van der Waals surface area contributed by atoms with Crippen molar-refractivity contribution in [2.75, 3.05) is 25.5 Å². The van der Waals surface area contributed by atoms with E-state index in [1.807, 2.05) is 11.9 Å². The van der Waals surface area contributed by atoms with Gasteiger partial charge < -0.3 is 15.2 Å². The van der Waals surface area contributed by atoms with Gasteiger partial charge in [-0.25, -0.2) is 4.39 Å². The van der Waals surface area contributed by atoms with E-state index in [1.165, 1.54) is 19.1 Å². The third-order valence-corrected chi connectivity index (χ3v) is 3.51. The van der Waals surface area contributed by atoms with E-state index in [-0.39, 0.29) is 18.3 Å². The Hall–Kier alpha value is -2.44. The van der Waals surface area contributed by atoms with Crippen molar-refractivity contribution in [1.29, 1.82) is 0 Å². The fourth-order valence-corrected chi connectivity index (χ4v) is 2.41. The number of hydrogen-bond donors (Lipinski definition) is 2. The van der Waals surface area contributed by atoms with Crippen molar-refractivity contribution in [3.05, 3.63) is 59.9 Å². The first-order valence-corrected chi connectivity index (χ1v) is 8.04. The molecule has 6 heteroatoms. The van der Waals surface area contributed by atoms with Gasteiger partial charge in [0.1, 0.15) is 24.3 Å². The first kappa shape index (κ1) is 18.9. The summed E-state index contributed by atoms with van der Waals surface area (Å²) in [5, 5.41) is 12.8. The molecule has 0 aromatic heterocycles. The number of aliphatic hydroxyl groups excluding tert-OH is 1. The maximum Gasteiger partial charge on any atom is 0.221 e. The third-order valence-electron chi connectivity index (χ3n) is 3.51. The third kappa shape index (κ3) is 6.91. The van der Waals surface area contributed by atoms with E-state index in [4.69, 9.17) is 4.74 Å². The minimum Gasteiger partial charge on any atom is -0.491 e. The molecule has 1 atom stereocenters. The highest BCUT2D eigenvalue weighted by molar-refractivity contribution is 5.88. The number of nitrogens with one attached hydrogen (secondary N) is 1. The molecule has 2 rings (SSSR count). The van der Waals surface area contributed by atoms with Crippen LogP contribution in [-0.4, -0.2) is 42.2 Å². The lowest BCUT2D eigenvalue weighted by Crippen LogP contribution is -2.32. The summed E-state index contributed by atoms with van der Waals surface area (Å²) in [4.78, 5) is 12.9. The molecule has 1 unspecified atom stereocenters. The van der Waals surface area contributed by atoms with Crippen molar-refractivity contribution in [3.8, 4) is 5.75 Å². The van der Waals surface area contributed by atoms with Gasteiger partial charge >= 0.3 is 0 Å². The topological polar surface area (TPSA) is 61.8 Å². The highest BCUT2D eigenvalue weighted by atomic mass is 19.1. The highest BCUT2D eigenvalue weighted by Crippen LogP contribution is 2.16. The first-order chi connectivity index (χ1) is 11.9. The molecule has 0 aliphatic carbocycles. The Bertz CT molecular complexity index is 674. The van der Waals surface area contributed by atoms with E-state index >= 15 is 0 Å². The largest absolute Gasteiger partial charge is 0.491 e. The van der Waals surface area contributed by atoms with Gasteiger partial charge in [-0.2, -0.15) is 0 Å². The van der Waals surface area contributed by atoms with Gasteiger partial charge in [0, 0.05) is 25.7 Å². The van der Waals surface area contributed by atoms with E-state index in [1.54, 1.807) is 36.4 Å². The Morgan fingerprint density at radius 3 is 2.44 bits per heavy atom. The molecule has 0 bridgehead atoms. The molecule has 0 aliphatic rings. The molecule has 2 aromatic rings. The van der Waals surface area contributed by atoms with Crippen LogP contribution in [0.25, 0.3) is 0 Å². The van der Waals surface area contributed by atoms with E-state index in [0.29, 0.717) is 24.5 Å². The van der Waals surface area contributed by atoms with Crippen LogP contribution in [0.4, 0.5) is 10.1 Å². The van der Waals surface area contributed by atoms with Crippen molar-refractivity contribution >= 4 is 11.6 Å². The van der Waals surface area contributed by atoms with Crippen molar-refractivity contribution in [1.82, 2.24) is 4.90 Å². The van der Waals surface area contributed by atoms with E-state index in [0.717, 1.165) is 5.56 Å². The molecular formula is C19H23FN2O3. The van der Waals surface area contributed by atoms with Gasteiger partial charge in [0.15, 0.2) is 0 Å². The fraction of sp³-hybridized carbons (Fsp3) is 0.316. The van der Waals surface area contributed by atoms with Crippen LogP contribution < -0.4 is 10.1 Å². The number of likely N-dealkylation sites (N-methyl/N-ethyl adjacent to an activating group) is 1. The number of benzene rings is 2. The van der Waals surface area contributed by atoms with Crippen LogP contribution in [0.2, 0.25) is 0 Å². The van der Waals surface area contributed by atoms with E-state index in [9.17, 15) is 14.3 Å². The Morgan fingerprint density at radius 2 is 1.84 bits per heavy atom. The Kier molecular flexibility index (Phi) is 6.91. The number of ether oxygens (including phenoxy) is 1. The average Bonchev–Trinajstić information content (AvgIpc) is 2.56. The summed E-state index contributed by atoms with van der Waals surface area (Å²) < 4.78 is 18.4. The van der Waals surface area contributed by atoms with Gasteiger partial charge in [0.2, 0.25) is 5.91 Å². The fourth-order valence-electron chi connectivity index (χ4n) is 2.41. The number of halogens is 1. The molecule has 134 valence electrons. The summed E-state index contributed by atoms with van der Waals surface area (Å²) in [6.07, 6.45) is -0.652. The smallest absolute Gasteiger partial charge is 0.221 e. The van der Waals surface area contributed by atoms with Gasteiger partial charge in [-0.05, 0) is 49.0 Å². The van der Waals surface area contributed by atoms with E-state index < -0.39 is 6.10 Å². The summed E-state index contributed by atoms with van der Waals surface area (Å²) in [6, 6.07) is 13.3. The molecular weight excluding hydrogens is 323 g/mol. The lowest BCUT2D eigenvalue weighted by molar-refractivity contribution is -0.114. The second-order valence-corrected chi connectivity index (χ2v) is 5.99. The molecule has 0 saturated carbocycles. The molecule has 5 nitrogen and oxygen atoms in total. The van der Waals surface area contributed by atoms with E-state index in [2.05, 4.69) is 5.32 Å². The number of hydrogen-bond acceptors (Lipinski definition) is 4. The number of carbonyl (C=O) groups excluding carboxylic acids is 1. The quantitative estimate of drug-likeness (QED) is 0.771. The minimum atomic E-state index is -0.652. The molecule has 0 spiro atoms. The Morgan fingerprint density at radius 1 is 1.20 bits per heavy atom. The Labute approximate surface area is 147 Å². The van der Waals surface area contributed by atoms with Crippen LogP contribution in [0.5, 0.6) is 5.75 Å². The van der Waals surface area contributed by atoms with Crippen molar-refractivity contribution in [3.63, 3.8) is 0 Å². The predicted octanol–water partition coefficient (Wildman–Crippen LogP) is 2.66. The van der Waals surface area contributed by atoms with Crippen molar-refractivity contribution in [2.24, 2.45) is 0 Å². The zero-order chi connectivity index (χ0) is 18.2. The first-order valence-electron chi connectivity index (χ1n) is 8.04. The standard InChI is InChI=1S/C19H23FN2O3/c1-14(23)21-17-7-9-19(10-8-17)25-13-18(24)12-22(2)11-15-3-5-16(20)6-4-15/h3-10,18,24H,11-13H2,1-2H3,(H,21,23). The molecule has 2 aromatic carbocycles. The summed E-state index contributed by atoms with van der Waals surface area (Å²) in [5.74, 6) is 0.229. The summed E-state index contributed by atoms with van der Waals surface area (Å²) in [7, 11) is 1.88. The van der Waals surface area contributed by atoms with Gasteiger partial charge in [0.25, 0.3) is 0 Å². The molecule has 2 N–H and O–H groups in total. The average molecular weight is 346 g/mol. The number of aliphatic hydroxyl groups is 1. The SMILES string of the molecule is CC(=O)Nc1ccc(OCC(O)CN(C)Cc2ccc(F)cc2)cc1. The van der Waals surface area contributed by atoms with Crippen LogP contribution in [0.1, 0.15) is 12.5 Å². The monoisotopic (exact) mass is 346 g/mol. The summed E-state index contributed by atoms with van der Waals surface area (Å²) in [5.41, 5.74) is 1.67. The zero-order valence-corrected chi connectivity index (χ0v) is 14.4. The predicted molar refractivity (Wildman–Crippen MR) is 95.0 cm³/mol. The number of carbonyl (C=O) groups is 1. The lowest BCUT2D eigenvalue weighted by Gasteiger charge is -2.21. The van der Waals surface area contributed by atoms with Crippen LogP contribution in [0.15, 0.2) is 48.5 Å². The van der Waals surface area contributed by atoms with Gasteiger partial charge in [0.05, 0.1) is 0 Å². The normalized spacial score (nSPS) is 12.0. The van der Waals surface area contributed by atoms with Gasteiger partial charge in [-0.15, -0.1) is 0 Å². The molecule has 0 heterocycles. The molecule has 0 saturated heterocycles. The maximum absolute atomic E-state index is 12.9. The molecule has 0 aliphatic heterocycles. The molecule has 25 heavy (non-hydrogen) atoms. The van der Waals surface area contributed by atoms with Crippen LogP contribution in [0, 0.1) is 5.82 Å².